The normalized spacial score (nSPS) is 17.2. The topological polar surface area (TPSA) is 95.5 Å². The highest BCUT2D eigenvalue weighted by Gasteiger charge is 2.31. The number of H-pyrrole nitrogens is 1. The first kappa shape index (κ1) is 15.2. The van der Waals surface area contributed by atoms with E-state index in [1.54, 1.807) is 14.0 Å². The number of sulfonamides is 1. The van der Waals surface area contributed by atoms with Gasteiger partial charge in [0.2, 0.25) is 10.0 Å². The third-order valence-electron chi connectivity index (χ3n) is 3.30. The van der Waals surface area contributed by atoms with Crippen LogP contribution >= 0.6 is 0 Å². The molecule has 2 rings (SSSR count). The summed E-state index contributed by atoms with van der Waals surface area (Å²) in [7, 11) is -2.02. The third-order valence-corrected chi connectivity index (χ3v) is 5.37. The summed E-state index contributed by atoms with van der Waals surface area (Å²) in [6.07, 6.45) is 2.52. The van der Waals surface area contributed by atoms with Crippen LogP contribution in [-0.4, -0.2) is 54.8 Å². The second-order valence-electron chi connectivity index (χ2n) is 4.69. The van der Waals surface area contributed by atoms with Gasteiger partial charge in [-0.1, -0.05) is 6.08 Å². The molecule has 7 nitrogen and oxygen atoms in total. The number of hydrogen-bond donors (Lipinski definition) is 2. The van der Waals surface area contributed by atoms with Crippen LogP contribution in [0, 0.1) is 6.92 Å². The first-order valence-electron chi connectivity index (χ1n) is 6.32. The van der Waals surface area contributed by atoms with Crippen LogP contribution in [0.5, 0.6) is 0 Å². The van der Waals surface area contributed by atoms with Gasteiger partial charge in [-0.3, -0.25) is 5.10 Å². The Balaban J connectivity index is 2.26. The highest BCUT2D eigenvalue weighted by molar-refractivity contribution is 7.89. The molecule has 112 valence electrons. The zero-order valence-electron chi connectivity index (χ0n) is 11.6. The van der Waals surface area contributed by atoms with Crippen molar-refractivity contribution in [2.24, 2.45) is 0 Å². The van der Waals surface area contributed by atoms with Gasteiger partial charge >= 0.3 is 0 Å². The number of aliphatic hydroxyl groups is 1. The van der Waals surface area contributed by atoms with Crippen LogP contribution in [0.4, 0.5) is 0 Å². The van der Waals surface area contributed by atoms with Gasteiger partial charge in [0.25, 0.3) is 0 Å². The summed E-state index contributed by atoms with van der Waals surface area (Å²) in [5, 5.41) is 15.6. The predicted octanol–water partition coefficient (Wildman–Crippen LogP) is 0.178. The summed E-state index contributed by atoms with van der Waals surface area (Å²) in [6.45, 7) is 2.48. The van der Waals surface area contributed by atoms with E-state index >= 15 is 0 Å². The van der Waals surface area contributed by atoms with Crippen LogP contribution in [0.3, 0.4) is 0 Å². The molecule has 0 atom stereocenters. The molecule has 0 radical (unpaired) electrons. The lowest BCUT2D eigenvalue weighted by Crippen LogP contribution is -2.36. The summed E-state index contributed by atoms with van der Waals surface area (Å²) < 4.78 is 31.7. The molecule has 0 spiro atoms. The highest BCUT2D eigenvalue weighted by atomic mass is 32.2. The monoisotopic (exact) mass is 301 g/mol. The predicted molar refractivity (Wildman–Crippen MR) is 72.6 cm³/mol. The molecule has 0 bridgehead atoms. The highest BCUT2D eigenvalue weighted by Crippen LogP contribution is 2.24. The van der Waals surface area contributed by atoms with Crippen molar-refractivity contribution < 1.29 is 18.3 Å². The summed E-state index contributed by atoms with van der Waals surface area (Å²) in [5.41, 5.74) is 1.71. The van der Waals surface area contributed by atoms with E-state index in [1.807, 2.05) is 6.08 Å². The second kappa shape index (κ2) is 6.04. The van der Waals surface area contributed by atoms with Gasteiger partial charge in [-0.2, -0.15) is 9.40 Å². The minimum atomic E-state index is -3.64. The molecule has 2 heterocycles. The first-order chi connectivity index (χ1) is 9.50. The van der Waals surface area contributed by atoms with Gasteiger partial charge in [0.1, 0.15) is 10.6 Å². The maximum absolute atomic E-state index is 12.6. The number of methoxy groups -OCH3 is 1. The van der Waals surface area contributed by atoms with Crippen molar-refractivity contribution in [1.82, 2.24) is 14.5 Å². The maximum Gasteiger partial charge on any atom is 0.247 e. The van der Waals surface area contributed by atoms with Gasteiger partial charge in [-0.15, -0.1) is 0 Å². The number of rotatable bonds is 5. The van der Waals surface area contributed by atoms with Crippen molar-refractivity contribution in [2.75, 3.05) is 26.8 Å². The van der Waals surface area contributed by atoms with Gasteiger partial charge in [0, 0.05) is 20.2 Å². The first-order valence-corrected chi connectivity index (χ1v) is 7.76. The Hall–Kier alpha value is -1.22. The van der Waals surface area contributed by atoms with Crippen molar-refractivity contribution in [3.63, 3.8) is 0 Å². The number of aromatic nitrogens is 2. The van der Waals surface area contributed by atoms with E-state index in [0.29, 0.717) is 31.8 Å². The number of aryl methyl sites for hydroxylation is 1. The number of aliphatic hydroxyl groups excluding tert-OH is 1. The van der Waals surface area contributed by atoms with Crippen LogP contribution in [0.25, 0.3) is 0 Å². The molecule has 8 heteroatoms. The van der Waals surface area contributed by atoms with Gasteiger partial charge in [-0.25, -0.2) is 8.42 Å². The van der Waals surface area contributed by atoms with E-state index in [9.17, 15) is 13.5 Å². The van der Waals surface area contributed by atoms with Crippen molar-refractivity contribution >= 4 is 10.0 Å². The lowest BCUT2D eigenvalue weighted by Gasteiger charge is -2.25. The Bertz CT molecular complexity index is 606. The average Bonchev–Trinajstić information content (AvgIpc) is 2.81. The van der Waals surface area contributed by atoms with Crippen molar-refractivity contribution in [3.8, 4) is 0 Å². The fraction of sp³-hybridized carbons (Fsp3) is 0.583. The van der Waals surface area contributed by atoms with Crippen molar-refractivity contribution in [2.45, 2.75) is 24.8 Å². The Morgan fingerprint density at radius 3 is 2.85 bits per heavy atom. The molecule has 1 aromatic rings. The Kier molecular flexibility index (Phi) is 4.59. The smallest absolute Gasteiger partial charge is 0.247 e. The van der Waals surface area contributed by atoms with E-state index < -0.39 is 16.6 Å². The third kappa shape index (κ3) is 2.78. The molecular weight excluding hydrogens is 282 g/mol. The number of aromatic amines is 1. The Morgan fingerprint density at radius 2 is 2.30 bits per heavy atom. The minimum absolute atomic E-state index is 0.0867. The SMILES string of the molecule is COCC1=CCN(S(=O)(=O)c2c(CO)n[nH]c2C)CC1. The largest absolute Gasteiger partial charge is 0.390 e. The van der Waals surface area contributed by atoms with E-state index in [0.717, 1.165) is 5.57 Å². The van der Waals surface area contributed by atoms with E-state index in [-0.39, 0.29) is 10.6 Å². The van der Waals surface area contributed by atoms with E-state index in [4.69, 9.17) is 4.74 Å². The van der Waals surface area contributed by atoms with Crippen LogP contribution in [0.1, 0.15) is 17.8 Å². The molecule has 0 aromatic carbocycles. The molecule has 0 aliphatic carbocycles. The quantitative estimate of drug-likeness (QED) is 0.756. The number of nitrogens with zero attached hydrogens (tertiary/aromatic N) is 2. The molecule has 0 amide bonds. The van der Waals surface area contributed by atoms with Crippen LogP contribution < -0.4 is 0 Å². The van der Waals surface area contributed by atoms with Crippen LogP contribution in [-0.2, 0) is 21.4 Å². The molecule has 1 aliphatic rings. The molecular formula is C12H19N3O4S. The summed E-state index contributed by atoms with van der Waals surface area (Å²) in [6, 6.07) is 0. The zero-order chi connectivity index (χ0) is 14.8. The number of hydrogen-bond acceptors (Lipinski definition) is 5. The minimum Gasteiger partial charge on any atom is -0.390 e. The number of nitrogens with one attached hydrogen (secondary N) is 1. The molecule has 0 fully saturated rings. The summed E-state index contributed by atoms with van der Waals surface area (Å²) in [5.74, 6) is 0. The Morgan fingerprint density at radius 1 is 1.55 bits per heavy atom. The van der Waals surface area contributed by atoms with Gasteiger partial charge < -0.3 is 9.84 Å². The molecule has 0 unspecified atom stereocenters. The summed E-state index contributed by atoms with van der Waals surface area (Å²) in [4.78, 5) is 0.0867. The fourth-order valence-corrected chi connectivity index (χ4v) is 3.98. The molecule has 1 aromatic heterocycles. The lowest BCUT2D eigenvalue weighted by atomic mass is 10.1. The molecule has 0 saturated heterocycles. The fourth-order valence-electron chi connectivity index (χ4n) is 2.28. The molecule has 2 N–H and O–H groups in total. The van der Waals surface area contributed by atoms with Gasteiger partial charge in [0.15, 0.2) is 0 Å². The lowest BCUT2D eigenvalue weighted by molar-refractivity contribution is 0.219. The molecule has 0 saturated carbocycles. The van der Waals surface area contributed by atoms with Crippen molar-refractivity contribution in [3.05, 3.63) is 23.0 Å². The molecule has 1 aliphatic heterocycles. The number of ether oxygens (including phenoxy) is 1. The standard InChI is InChI=1S/C12H19N3O4S/c1-9-12(11(7-16)14-13-9)20(17,18)15-5-3-10(4-6-15)8-19-2/h3,16H,4-8H2,1-2H3,(H,13,14). The maximum atomic E-state index is 12.6. The van der Waals surface area contributed by atoms with E-state index in [2.05, 4.69) is 10.2 Å². The van der Waals surface area contributed by atoms with Gasteiger partial charge in [-0.05, 0) is 18.9 Å². The molecule has 20 heavy (non-hydrogen) atoms. The van der Waals surface area contributed by atoms with Gasteiger partial charge in [0.05, 0.1) is 18.9 Å². The van der Waals surface area contributed by atoms with Crippen LogP contribution in [0.2, 0.25) is 0 Å². The average molecular weight is 301 g/mol. The zero-order valence-corrected chi connectivity index (χ0v) is 12.4. The van der Waals surface area contributed by atoms with E-state index in [1.165, 1.54) is 4.31 Å². The Labute approximate surface area is 118 Å². The van der Waals surface area contributed by atoms with Crippen molar-refractivity contribution in [1.29, 1.82) is 0 Å². The second-order valence-corrected chi connectivity index (χ2v) is 6.57. The summed E-state index contributed by atoms with van der Waals surface area (Å²) >= 11 is 0. The van der Waals surface area contributed by atoms with Crippen LogP contribution in [0.15, 0.2) is 16.5 Å².